The third-order valence-electron chi connectivity index (χ3n) is 2.58. The van der Waals surface area contributed by atoms with Crippen molar-refractivity contribution in [3.05, 3.63) is 23.4 Å². The van der Waals surface area contributed by atoms with Crippen molar-refractivity contribution in [2.45, 2.75) is 25.3 Å². The molecule has 0 bridgehead atoms. The van der Waals surface area contributed by atoms with Crippen LogP contribution in [0.5, 0.6) is 0 Å². The lowest BCUT2D eigenvalue weighted by Gasteiger charge is -2.02. The maximum atomic E-state index is 4.42. The summed E-state index contributed by atoms with van der Waals surface area (Å²) in [7, 11) is 0. The number of fused-ring (bicyclic) bond motifs is 3. The molecule has 2 atom stereocenters. The van der Waals surface area contributed by atoms with Crippen molar-refractivity contribution in [1.82, 2.24) is 4.98 Å². The Morgan fingerprint density at radius 1 is 1.64 bits per heavy atom. The molecule has 1 aromatic heterocycles. The Labute approximate surface area is 67.1 Å². The van der Waals surface area contributed by atoms with E-state index in [9.17, 15) is 0 Å². The zero-order chi connectivity index (χ0) is 7.42. The fourth-order valence-electron chi connectivity index (χ4n) is 1.86. The first-order valence-corrected chi connectivity index (χ1v) is 4.09. The summed E-state index contributed by atoms with van der Waals surface area (Å²) >= 11 is 0. The summed E-state index contributed by atoms with van der Waals surface area (Å²) in [6, 6.07) is 5.03. The van der Waals surface area contributed by atoms with Crippen LogP contribution < -0.4 is 5.32 Å². The molecule has 2 heterocycles. The van der Waals surface area contributed by atoms with E-state index in [2.05, 4.69) is 22.4 Å². The monoisotopic (exact) mass is 148 g/mol. The molecular weight excluding hydrogens is 136 g/mol. The number of pyridine rings is 1. The second-order valence-corrected chi connectivity index (χ2v) is 3.48. The first kappa shape index (κ1) is 5.58. The minimum Gasteiger partial charge on any atom is -0.366 e. The van der Waals surface area contributed by atoms with Crippen molar-refractivity contribution < 1.29 is 1.43 Å². The van der Waals surface area contributed by atoms with Crippen molar-refractivity contribution >= 4 is 5.82 Å². The van der Waals surface area contributed by atoms with E-state index >= 15 is 0 Å². The van der Waals surface area contributed by atoms with Crippen LogP contribution in [-0.2, 0) is 0 Å². The van der Waals surface area contributed by atoms with Gasteiger partial charge in [-0.1, -0.05) is 6.07 Å². The summed E-state index contributed by atoms with van der Waals surface area (Å²) in [5.41, 5.74) is 2.54. The van der Waals surface area contributed by atoms with Gasteiger partial charge in [0.2, 0.25) is 0 Å². The molecule has 0 aromatic carbocycles. The Kier molecular flexibility index (Phi) is 0.799. The zero-order valence-electron chi connectivity index (χ0n) is 6.46. The van der Waals surface area contributed by atoms with E-state index in [1.807, 2.05) is 6.92 Å². The molecule has 58 valence electrons. The maximum absolute atomic E-state index is 4.42. The number of nitrogens with one attached hydrogen (secondary N) is 1. The van der Waals surface area contributed by atoms with Crippen LogP contribution in [0.1, 0.15) is 25.0 Å². The van der Waals surface area contributed by atoms with Gasteiger partial charge in [0, 0.05) is 19.1 Å². The molecule has 1 N–H and O–H groups in total. The smallest absolute Gasteiger partial charge is 0.130 e. The highest BCUT2D eigenvalue weighted by Gasteiger charge is 2.45. The number of aryl methyl sites for hydroxylation is 1. The summed E-state index contributed by atoms with van der Waals surface area (Å²) < 4.78 is 0. The fraction of sp³-hybridized carbons (Fsp3) is 0.444. The molecule has 1 aliphatic carbocycles. The second kappa shape index (κ2) is 1.58. The highest BCUT2D eigenvalue weighted by atomic mass is 15.1. The van der Waals surface area contributed by atoms with Gasteiger partial charge in [-0.25, -0.2) is 4.98 Å². The Bertz CT molecular complexity index is 324. The van der Waals surface area contributed by atoms with Gasteiger partial charge in [0.15, 0.2) is 0 Å². The van der Waals surface area contributed by atoms with E-state index < -0.39 is 0 Å². The quantitative estimate of drug-likeness (QED) is 0.608. The van der Waals surface area contributed by atoms with E-state index in [-0.39, 0.29) is 1.43 Å². The Morgan fingerprint density at radius 2 is 2.55 bits per heavy atom. The third kappa shape index (κ3) is 0.642. The lowest BCUT2D eigenvalue weighted by atomic mass is 10.2. The summed E-state index contributed by atoms with van der Waals surface area (Å²) in [5, 5.41) is 3.40. The summed E-state index contributed by atoms with van der Waals surface area (Å²) in [6.07, 6.45) is 1.32. The van der Waals surface area contributed by atoms with Crippen molar-refractivity contribution in [3.63, 3.8) is 0 Å². The molecule has 2 heteroatoms. The highest BCUT2D eigenvalue weighted by molar-refractivity contribution is 5.59. The predicted molar refractivity (Wildman–Crippen MR) is 45.9 cm³/mol. The molecule has 2 nitrogen and oxygen atoms in total. The Balaban J connectivity index is 0.000000563. The Hall–Kier alpha value is -1.05. The molecule has 1 saturated carbocycles. The molecular formula is C9H12N2. The molecule has 0 saturated heterocycles. The number of rotatable bonds is 0. The third-order valence-corrected chi connectivity index (χ3v) is 2.58. The van der Waals surface area contributed by atoms with Crippen LogP contribution in [0, 0.1) is 6.92 Å². The topological polar surface area (TPSA) is 24.9 Å². The van der Waals surface area contributed by atoms with E-state index in [0.717, 1.165) is 23.5 Å². The molecule has 1 aromatic rings. The second-order valence-electron chi connectivity index (χ2n) is 3.48. The van der Waals surface area contributed by atoms with Gasteiger partial charge in [-0.15, -0.1) is 0 Å². The van der Waals surface area contributed by atoms with Gasteiger partial charge < -0.3 is 5.32 Å². The summed E-state index contributed by atoms with van der Waals surface area (Å²) in [6.45, 7) is 2.03. The standard InChI is InChI=1S/C9H10N2.H2/c1-5-2-3-6-7-4-8(7)11-9(6)10-5;/h2-3,7-8H,4H2,1H3,(H,10,11);1H. The van der Waals surface area contributed by atoms with Gasteiger partial charge in [0.05, 0.1) is 0 Å². The first-order chi connectivity index (χ1) is 5.34. The van der Waals surface area contributed by atoms with Crippen LogP contribution in [0.25, 0.3) is 0 Å². The normalized spacial score (nSPS) is 30.6. The van der Waals surface area contributed by atoms with Gasteiger partial charge in [0.25, 0.3) is 0 Å². The van der Waals surface area contributed by atoms with Crippen LogP contribution in [0.3, 0.4) is 0 Å². The average Bonchev–Trinajstić information content (AvgIpc) is 2.63. The first-order valence-electron chi connectivity index (χ1n) is 4.09. The molecule has 11 heavy (non-hydrogen) atoms. The number of hydrogen-bond donors (Lipinski definition) is 1. The van der Waals surface area contributed by atoms with Gasteiger partial charge in [-0.2, -0.15) is 0 Å². The summed E-state index contributed by atoms with van der Waals surface area (Å²) in [5.74, 6) is 1.92. The van der Waals surface area contributed by atoms with Crippen LogP contribution in [0.15, 0.2) is 12.1 Å². The molecule has 1 aliphatic heterocycles. The molecule has 3 rings (SSSR count). The van der Waals surface area contributed by atoms with Gasteiger partial charge in [0.1, 0.15) is 5.82 Å². The number of nitrogens with zero attached hydrogens (tertiary/aromatic N) is 1. The van der Waals surface area contributed by atoms with Crippen LogP contribution >= 0.6 is 0 Å². The van der Waals surface area contributed by atoms with Crippen molar-refractivity contribution in [1.29, 1.82) is 0 Å². The maximum Gasteiger partial charge on any atom is 0.130 e. The fourth-order valence-corrected chi connectivity index (χ4v) is 1.86. The van der Waals surface area contributed by atoms with Crippen molar-refractivity contribution in [2.24, 2.45) is 0 Å². The molecule has 2 aliphatic rings. The highest BCUT2D eigenvalue weighted by Crippen LogP contribution is 2.50. The Morgan fingerprint density at radius 3 is 3.45 bits per heavy atom. The van der Waals surface area contributed by atoms with Gasteiger partial charge >= 0.3 is 0 Å². The number of hydrogen-bond acceptors (Lipinski definition) is 2. The van der Waals surface area contributed by atoms with E-state index in [0.29, 0.717) is 0 Å². The lowest BCUT2D eigenvalue weighted by Crippen LogP contribution is -1.99. The molecule has 1 fully saturated rings. The lowest BCUT2D eigenvalue weighted by molar-refractivity contribution is 1.12. The SMILES string of the molecule is Cc1ccc2c(n1)NC1CC21.[HH]. The van der Waals surface area contributed by atoms with E-state index in [1.165, 1.54) is 12.0 Å². The number of anilines is 1. The van der Waals surface area contributed by atoms with Gasteiger partial charge in [-0.3, -0.25) is 0 Å². The molecule has 0 spiro atoms. The van der Waals surface area contributed by atoms with Crippen LogP contribution in [0.2, 0.25) is 0 Å². The average molecular weight is 148 g/mol. The molecule has 0 radical (unpaired) electrons. The van der Waals surface area contributed by atoms with E-state index in [4.69, 9.17) is 0 Å². The summed E-state index contributed by atoms with van der Waals surface area (Å²) in [4.78, 5) is 4.42. The minimum absolute atomic E-state index is 0. The van der Waals surface area contributed by atoms with Crippen molar-refractivity contribution in [3.8, 4) is 0 Å². The van der Waals surface area contributed by atoms with Crippen LogP contribution in [0.4, 0.5) is 5.82 Å². The van der Waals surface area contributed by atoms with Crippen LogP contribution in [-0.4, -0.2) is 11.0 Å². The van der Waals surface area contributed by atoms with E-state index in [1.54, 1.807) is 0 Å². The number of aromatic nitrogens is 1. The molecule has 0 amide bonds. The van der Waals surface area contributed by atoms with Crippen molar-refractivity contribution in [2.75, 3.05) is 5.32 Å². The molecule has 2 unspecified atom stereocenters. The van der Waals surface area contributed by atoms with Gasteiger partial charge in [-0.05, 0) is 25.0 Å². The predicted octanol–water partition coefficient (Wildman–Crippen LogP) is 1.92. The minimum atomic E-state index is 0. The zero-order valence-corrected chi connectivity index (χ0v) is 6.46. The largest absolute Gasteiger partial charge is 0.366 e.